The highest BCUT2D eigenvalue weighted by Crippen LogP contribution is 2.55. The van der Waals surface area contributed by atoms with Crippen molar-refractivity contribution in [1.82, 2.24) is 9.13 Å². The highest BCUT2D eigenvalue weighted by Gasteiger charge is 2.33. The van der Waals surface area contributed by atoms with Gasteiger partial charge in [-0.15, -0.1) is 11.3 Å². The molecule has 3 aliphatic rings. The van der Waals surface area contributed by atoms with E-state index in [4.69, 9.17) is 0 Å². The second-order valence-electron chi connectivity index (χ2n) is 19.8. The Morgan fingerprint density at radius 2 is 0.972 bits per heavy atom. The van der Waals surface area contributed by atoms with Crippen LogP contribution < -0.4 is 0 Å². The van der Waals surface area contributed by atoms with Gasteiger partial charge in [-0.2, -0.15) is 0 Å². The van der Waals surface area contributed by atoms with Crippen LogP contribution in [0, 0.1) is 5.92 Å². The van der Waals surface area contributed by atoms with Gasteiger partial charge in [-0.05, 0) is 164 Å². The molecule has 2 aliphatic carbocycles. The van der Waals surface area contributed by atoms with E-state index in [2.05, 4.69) is 234 Å². The summed E-state index contributed by atoms with van der Waals surface area (Å²) >= 11 is 3.94. The third kappa shape index (κ3) is 6.09. The number of aromatic nitrogens is 2. The van der Waals surface area contributed by atoms with Crippen molar-refractivity contribution >= 4 is 114 Å². The van der Waals surface area contributed by atoms with Gasteiger partial charge in [-0.25, -0.2) is 0 Å². The summed E-state index contributed by atoms with van der Waals surface area (Å²) in [6, 6.07) is 75.5. The van der Waals surface area contributed by atoms with Crippen molar-refractivity contribution in [2.45, 2.75) is 19.3 Å². The number of thiophene rings is 1. The number of benzene rings is 10. The van der Waals surface area contributed by atoms with Crippen LogP contribution in [-0.4, -0.2) is 9.13 Å². The molecule has 0 saturated carbocycles. The average Bonchev–Trinajstić information content (AvgIpc) is 4.20. The summed E-state index contributed by atoms with van der Waals surface area (Å²) < 4.78 is 7.61. The third-order valence-electron chi connectivity index (χ3n) is 15.9. The molecule has 13 aromatic rings. The molecule has 2 nitrogen and oxygen atoms in total. The molecule has 0 fully saturated rings. The molecule has 1 atom stereocenters. The lowest BCUT2D eigenvalue weighted by molar-refractivity contribution is 0.771. The van der Waals surface area contributed by atoms with E-state index in [9.17, 15) is 0 Å². The average molecular weight is 953 g/mol. The van der Waals surface area contributed by atoms with Gasteiger partial charge >= 0.3 is 0 Å². The Bertz CT molecular complexity index is 4640. The van der Waals surface area contributed by atoms with Crippen LogP contribution in [0.1, 0.15) is 24.8 Å². The van der Waals surface area contributed by atoms with E-state index in [-0.39, 0.29) is 0 Å². The van der Waals surface area contributed by atoms with E-state index in [0.29, 0.717) is 5.92 Å². The zero-order valence-electron chi connectivity index (χ0n) is 39.3. The van der Waals surface area contributed by atoms with Crippen molar-refractivity contribution in [3.8, 4) is 33.6 Å². The lowest BCUT2D eigenvalue weighted by atomic mass is 9.85. The fourth-order valence-electron chi connectivity index (χ4n) is 12.5. The fourth-order valence-corrected chi connectivity index (χ4v) is 15.2. The van der Waals surface area contributed by atoms with Gasteiger partial charge < -0.3 is 9.13 Å². The Morgan fingerprint density at radius 3 is 1.64 bits per heavy atom. The van der Waals surface area contributed by atoms with Gasteiger partial charge in [0.15, 0.2) is 0 Å². The van der Waals surface area contributed by atoms with Crippen LogP contribution in [0.15, 0.2) is 240 Å². The number of thioether (sulfide) groups is 1. The van der Waals surface area contributed by atoms with Crippen molar-refractivity contribution in [2.75, 3.05) is 0 Å². The molecule has 0 N–H and O–H groups in total. The molecule has 338 valence electrons. The topological polar surface area (TPSA) is 9.86 Å². The molecule has 0 spiro atoms. The van der Waals surface area contributed by atoms with Crippen LogP contribution in [0.4, 0.5) is 0 Å². The first-order chi connectivity index (χ1) is 35.7. The minimum absolute atomic E-state index is 0.463. The monoisotopic (exact) mass is 952 g/mol. The Morgan fingerprint density at radius 1 is 0.417 bits per heavy atom. The van der Waals surface area contributed by atoms with Crippen molar-refractivity contribution in [3.05, 3.63) is 245 Å². The van der Waals surface area contributed by atoms with Crippen LogP contribution >= 0.6 is 23.1 Å². The molecule has 4 heteroatoms. The van der Waals surface area contributed by atoms with Gasteiger partial charge in [0, 0.05) is 63.9 Å². The van der Waals surface area contributed by atoms with E-state index in [0.717, 1.165) is 24.9 Å². The predicted molar refractivity (Wildman–Crippen MR) is 311 cm³/mol. The number of allylic oxidation sites excluding steroid dienone is 8. The fraction of sp³-hybridized carbons (Fsp3) is 0.0588. The normalized spacial score (nSPS) is 15.8. The molecule has 16 rings (SSSR count). The molecule has 1 aliphatic heterocycles. The first kappa shape index (κ1) is 40.6. The molecule has 1 unspecified atom stereocenters. The van der Waals surface area contributed by atoms with Gasteiger partial charge in [0.05, 0.1) is 22.1 Å². The largest absolute Gasteiger partial charge is 0.309 e. The van der Waals surface area contributed by atoms with Crippen molar-refractivity contribution < 1.29 is 0 Å². The second kappa shape index (κ2) is 15.7. The Balaban J connectivity index is 0.904. The molecule has 0 amide bonds. The van der Waals surface area contributed by atoms with E-state index in [1.807, 2.05) is 23.1 Å². The lowest BCUT2D eigenvalue weighted by Crippen LogP contribution is -2.05. The summed E-state index contributed by atoms with van der Waals surface area (Å²) in [5.74, 6) is 0.463. The number of hydrogen-bond acceptors (Lipinski definition) is 2. The van der Waals surface area contributed by atoms with E-state index in [1.54, 1.807) is 10.5 Å². The maximum absolute atomic E-state index is 2.49. The minimum atomic E-state index is 0.463. The van der Waals surface area contributed by atoms with Crippen molar-refractivity contribution in [1.29, 1.82) is 0 Å². The van der Waals surface area contributed by atoms with Crippen molar-refractivity contribution in [2.24, 2.45) is 5.92 Å². The maximum atomic E-state index is 2.49. The van der Waals surface area contributed by atoms with Gasteiger partial charge in [-0.3, -0.25) is 0 Å². The Labute approximate surface area is 424 Å². The molecular weight excluding hydrogens is 909 g/mol. The molecule has 0 bridgehead atoms. The minimum Gasteiger partial charge on any atom is -0.309 e. The molecule has 10 aromatic carbocycles. The number of nitrogens with zero attached hydrogens (tertiary/aromatic N) is 2. The van der Waals surface area contributed by atoms with Gasteiger partial charge in [0.25, 0.3) is 0 Å². The zero-order valence-corrected chi connectivity index (χ0v) is 40.9. The van der Waals surface area contributed by atoms with E-state index >= 15 is 0 Å². The van der Waals surface area contributed by atoms with Gasteiger partial charge in [0.1, 0.15) is 0 Å². The number of fused-ring (bicyclic) bond motifs is 13. The molecular formula is C68H44N2S2. The van der Waals surface area contributed by atoms with Crippen LogP contribution in [0.3, 0.4) is 0 Å². The molecule has 0 saturated heterocycles. The first-order valence-corrected chi connectivity index (χ1v) is 26.8. The SMILES string of the molecule is C1=CC2=C(CC1)SC1=C(c3ccc4c(c3)c3cc(-c5ccc6c(c5)c5cc(-c7cccc8c7sc7ccccc78)ccc5n6-c5ccc6ccccc6c5)ccc3n4-c3ccc4ccccc4c3)C=CCC21. The number of rotatable bonds is 5. The number of hydrogen-bond donors (Lipinski definition) is 0. The first-order valence-electron chi connectivity index (χ1n) is 25.2. The molecule has 3 aromatic heterocycles. The standard InChI is InChI=1S/C68H44N2S2/c1-3-13-43-35-49(29-23-41(43)11-1)69-61-31-25-45(37-57(61)59-39-47(27-33-63(59)69)51-17-9-19-55-53-15-5-7-21-65(53)71-67(51)55)46-26-32-62-58(38-46)60-40-48(52-18-10-20-56-54-16-6-8-22-66(54)72-68(52)56)28-34-64(60)70(62)50-30-24-42-12-2-4-14-44(42)36-50/h1-7,9-19,21,23-40,56H,8,20,22H2. The van der Waals surface area contributed by atoms with Gasteiger partial charge in [0.2, 0.25) is 0 Å². The Hall–Kier alpha value is -8.15. The zero-order chi connectivity index (χ0) is 47.0. The quantitative estimate of drug-likeness (QED) is 0.167. The summed E-state index contributed by atoms with van der Waals surface area (Å²) in [5.41, 5.74) is 16.3. The summed E-state index contributed by atoms with van der Waals surface area (Å²) in [6.45, 7) is 0. The second-order valence-corrected chi connectivity index (χ2v) is 22.0. The summed E-state index contributed by atoms with van der Waals surface area (Å²) in [7, 11) is 0. The van der Waals surface area contributed by atoms with E-state index < -0.39 is 0 Å². The molecule has 0 radical (unpaired) electrons. The summed E-state index contributed by atoms with van der Waals surface area (Å²) in [6.07, 6.45) is 13.0. The highest BCUT2D eigenvalue weighted by atomic mass is 32.2. The predicted octanol–water partition coefficient (Wildman–Crippen LogP) is 19.5. The summed E-state index contributed by atoms with van der Waals surface area (Å²) in [4.78, 5) is 3.09. The highest BCUT2D eigenvalue weighted by molar-refractivity contribution is 8.07. The van der Waals surface area contributed by atoms with Crippen molar-refractivity contribution in [3.63, 3.8) is 0 Å². The van der Waals surface area contributed by atoms with Crippen LogP contribution in [0.2, 0.25) is 0 Å². The van der Waals surface area contributed by atoms with E-state index in [1.165, 1.54) is 129 Å². The summed E-state index contributed by atoms with van der Waals surface area (Å²) in [5, 5.41) is 12.6. The van der Waals surface area contributed by atoms with Crippen LogP contribution in [0.5, 0.6) is 0 Å². The van der Waals surface area contributed by atoms with Crippen LogP contribution in [-0.2, 0) is 0 Å². The Kier molecular flexibility index (Phi) is 8.83. The third-order valence-corrected chi connectivity index (χ3v) is 18.5. The maximum Gasteiger partial charge on any atom is 0.0541 e. The molecule has 4 heterocycles. The van der Waals surface area contributed by atoms with Crippen LogP contribution in [0.25, 0.3) is 125 Å². The lowest BCUT2D eigenvalue weighted by Gasteiger charge is -2.20. The smallest absolute Gasteiger partial charge is 0.0541 e. The van der Waals surface area contributed by atoms with Gasteiger partial charge in [-0.1, -0.05) is 157 Å². The molecule has 72 heavy (non-hydrogen) atoms.